The van der Waals surface area contributed by atoms with Crippen LogP contribution in [0.4, 0.5) is 21.0 Å². The van der Waals surface area contributed by atoms with Crippen molar-refractivity contribution in [2.24, 2.45) is 5.73 Å². The molecular formula is C29H28FN5O5S. The number of nitrogens with one attached hydrogen (secondary N) is 1. The number of primary amides is 1. The second-order valence-electron chi connectivity index (χ2n) is 8.87. The Balaban J connectivity index is 1.42. The first kappa shape index (κ1) is 29.0. The number of benzene rings is 3. The number of anilines is 3. The SMILES string of the molecule is COc1ccccc1CNC(=O)COc1ccc(C(=O)c2sc(N(c3ccc(F)cc3)[C@H](C)C(N)=O)nc2N)cc1. The summed E-state index contributed by atoms with van der Waals surface area (Å²) in [7, 11) is 1.56. The van der Waals surface area contributed by atoms with Gasteiger partial charge in [0.15, 0.2) is 11.7 Å². The molecule has 0 aliphatic heterocycles. The van der Waals surface area contributed by atoms with E-state index in [1.165, 1.54) is 29.2 Å². The molecule has 2 amide bonds. The molecule has 0 aliphatic carbocycles. The van der Waals surface area contributed by atoms with E-state index in [1.807, 2.05) is 24.3 Å². The third-order valence-electron chi connectivity index (χ3n) is 6.11. The number of ketones is 1. The van der Waals surface area contributed by atoms with E-state index in [4.69, 9.17) is 20.9 Å². The quantitative estimate of drug-likeness (QED) is 0.215. The summed E-state index contributed by atoms with van der Waals surface area (Å²) in [5.74, 6) is -0.755. The predicted octanol–water partition coefficient (Wildman–Crippen LogP) is 3.81. The highest BCUT2D eigenvalue weighted by Gasteiger charge is 2.27. The summed E-state index contributed by atoms with van der Waals surface area (Å²) in [4.78, 5) is 43.5. The standard InChI is InChI=1S/C29H28FN5O5S/c1-17(28(32)38)35(21-11-9-20(30)10-12-21)29-34-27(31)26(41-29)25(37)18-7-13-22(14-8-18)40-16-24(36)33-15-19-5-3-4-6-23(19)39-2/h3-14,17H,15-16,31H2,1-2H3,(H2,32,38)(H,33,36)/t17-/m1/s1. The van der Waals surface area contributed by atoms with Crippen LogP contribution in [-0.2, 0) is 16.1 Å². The number of thiazole rings is 1. The van der Waals surface area contributed by atoms with Gasteiger partial charge < -0.3 is 31.2 Å². The molecule has 1 heterocycles. The van der Waals surface area contributed by atoms with Gasteiger partial charge in [0.25, 0.3) is 5.91 Å². The lowest BCUT2D eigenvalue weighted by Gasteiger charge is -2.26. The third kappa shape index (κ3) is 6.97. The number of aromatic nitrogens is 1. The van der Waals surface area contributed by atoms with Crippen LogP contribution in [0, 0.1) is 5.82 Å². The topological polar surface area (TPSA) is 150 Å². The fraction of sp³-hybridized carbons (Fsp3) is 0.172. The fourth-order valence-electron chi connectivity index (χ4n) is 3.89. The number of hydrogen-bond donors (Lipinski definition) is 3. The molecule has 212 valence electrons. The molecule has 0 saturated carbocycles. The molecule has 4 aromatic rings. The van der Waals surface area contributed by atoms with Crippen LogP contribution >= 0.6 is 11.3 Å². The highest BCUT2D eigenvalue weighted by molar-refractivity contribution is 7.18. The number of para-hydroxylation sites is 1. The van der Waals surface area contributed by atoms with E-state index in [0.717, 1.165) is 16.9 Å². The van der Waals surface area contributed by atoms with Crippen LogP contribution in [0.1, 0.15) is 27.7 Å². The highest BCUT2D eigenvalue weighted by Crippen LogP contribution is 2.36. The Labute approximate surface area is 239 Å². The molecule has 4 rings (SSSR count). The van der Waals surface area contributed by atoms with Gasteiger partial charge in [-0.3, -0.25) is 14.4 Å². The average Bonchev–Trinajstić information content (AvgIpc) is 3.36. The summed E-state index contributed by atoms with van der Waals surface area (Å²) in [6.07, 6.45) is 0. The number of rotatable bonds is 12. The second-order valence-corrected chi connectivity index (χ2v) is 9.84. The zero-order chi connectivity index (χ0) is 29.5. The Kier molecular flexibility index (Phi) is 9.15. The summed E-state index contributed by atoms with van der Waals surface area (Å²) in [6, 6.07) is 18.2. The fourth-order valence-corrected chi connectivity index (χ4v) is 4.94. The smallest absolute Gasteiger partial charge is 0.258 e. The van der Waals surface area contributed by atoms with Gasteiger partial charge in [0, 0.05) is 23.4 Å². The lowest BCUT2D eigenvalue weighted by Crippen LogP contribution is -2.39. The van der Waals surface area contributed by atoms with Gasteiger partial charge in [0.1, 0.15) is 34.1 Å². The summed E-state index contributed by atoms with van der Waals surface area (Å²) in [6.45, 7) is 1.64. The Morgan fingerprint density at radius 3 is 2.39 bits per heavy atom. The molecule has 0 bridgehead atoms. The zero-order valence-electron chi connectivity index (χ0n) is 22.3. The van der Waals surface area contributed by atoms with E-state index in [9.17, 15) is 18.8 Å². The minimum Gasteiger partial charge on any atom is -0.496 e. The number of ether oxygens (including phenoxy) is 2. The Bertz CT molecular complexity index is 1540. The number of methoxy groups -OCH3 is 1. The lowest BCUT2D eigenvalue weighted by molar-refractivity contribution is -0.123. The maximum Gasteiger partial charge on any atom is 0.258 e. The van der Waals surface area contributed by atoms with Crippen molar-refractivity contribution in [2.75, 3.05) is 24.4 Å². The van der Waals surface area contributed by atoms with Crippen LogP contribution in [0.3, 0.4) is 0 Å². The molecule has 5 N–H and O–H groups in total. The van der Waals surface area contributed by atoms with Gasteiger partial charge in [0.2, 0.25) is 11.7 Å². The third-order valence-corrected chi connectivity index (χ3v) is 7.18. The average molecular weight is 578 g/mol. The van der Waals surface area contributed by atoms with Gasteiger partial charge in [0.05, 0.1) is 7.11 Å². The molecular weight excluding hydrogens is 549 g/mol. The predicted molar refractivity (Wildman–Crippen MR) is 154 cm³/mol. The van der Waals surface area contributed by atoms with Gasteiger partial charge in [-0.25, -0.2) is 9.37 Å². The minimum absolute atomic E-state index is 0.0224. The zero-order valence-corrected chi connectivity index (χ0v) is 23.1. The first-order chi connectivity index (χ1) is 19.7. The van der Waals surface area contributed by atoms with E-state index in [0.29, 0.717) is 22.7 Å². The van der Waals surface area contributed by atoms with E-state index < -0.39 is 23.5 Å². The number of carbonyl (C=O) groups is 3. The van der Waals surface area contributed by atoms with Crippen molar-refractivity contribution in [1.82, 2.24) is 10.3 Å². The molecule has 1 aromatic heterocycles. The number of nitrogen functional groups attached to an aromatic ring is 1. The highest BCUT2D eigenvalue weighted by atomic mass is 32.1. The molecule has 12 heteroatoms. The van der Waals surface area contributed by atoms with Crippen molar-refractivity contribution in [3.05, 3.63) is 94.6 Å². The number of nitrogens with zero attached hydrogens (tertiary/aromatic N) is 2. The largest absolute Gasteiger partial charge is 0.496 e. The second kappa shape index (κ2) is 12.9. The Hall–Kier alpha value is -4.97. The van der Waals surface area contributed by atoms with Crippen molar-refractivity contribution in [1.29, 1.82) is 0 Å². The first-order valence-corrected chi connectivity index (χ1v) is 13.3. The molecule has 3 aromatic carbocycles. The molecule has 0 fully saturated rings. The van der Waals surface area contributed by atoms with Crippen molar-refractivity contribution in [3.8, 4) is 11.5 Å². The van der Waals surface area contributed by atoms with Gasteiger partial charge >= 0.3 is 0 Å². The van der Waals surface area contributed by atoms with Crippen molar-refractivity contribution >= 4 is 45.6 Å². The summed E-state index contributed by atoms with van der Waals surface area (Å²) >= 11 is 0.986. The molecule has 0 radical (unpaired) electrons. The number of amides is 2. The maximum absolute atomic E-state index is 13.5. The summed E-state index contributed by atoms with van der Waals surface area (Å²) in [5.41, 5.74) is 13.2. The Morgan fingerprint density at radius 2 is 1.73 bits per heavy atom. The first-order valence-electron chi connectivity index (χ1n) is 12.4. The van der Waals surface area contributed by atoms with Crippen LogP contribution < -0.4 is 31.2 Å². The van der Waals surface area contributed by atoms with Crippen LogP contribution in [0.25, 0.3) is 0 Å². The van der Waals surface area contributed by atoms with E-state index in [2.05, 4.69) is 10.3 Å². The van der Waals surface area contributed by atoms with E-state index in [1.54, 1.807) is 38.3 Å². The van der Waals surface area contributed by atoms with Crippen LogP contribution in [0.5, 0.6) is 11.5 Å². The minimum atomic E-state index is -0.850. The lowest BCUT2D eigenvalue weighted by atomic mass is 10.1. The van der Waals surface area contributed by atoms with Crippen LogP contribution in [-0.4, -0.2) is 42.3 Å². The van der Waals surface area contributed by atoms with Gasteiger partial charge in [-0.2, -0.15) is 0 Å². The van der Waals surface area contributed by atoms with Crippen LogP contribution in [0.2, 0.25) is 0 Å². The molecule has 0 spiro atoms. The van der Waals surface area contributed by atoms with Crippen molar-refractivity contribution in [2.45, 2.75) is 19.5 Å². The summed E-state index contributed by atoms with van der Waals surface area (Å²) in [5, 5.41) is 3.03. The molecule has 10 nitrogen and oxygen atoms in total. The molecule has 0 saturated heterocycles. The summed E-state index contributed by atoms with van der Waals surface area (Å²) < 4.78 is 24.3. The number of halogens is 1. The normalized spacial score (nSPS) is 11.4. The van der Waals surface area contributed by atoms with Gasteiger partial charge in [-0.05, 0) is 61.5 Å². The molecule has 41 heavy (non-hydrogen) atoms. The maximum atomic E-state index is 13.5. The van der Waals surface area contributed by atoms with E-state index in [-0.39, 0.29) is 34.9 Å². The Morgan fingerprint density at radius 1 is 1.05 bits per heavy atom. The van der Waals surface area contributed by atoms with Crippen molar-refractivity contribution in [3.63, 3.8) is 0 Å². The number of carbonyl (C=O) groups excluding carboxylic acids is 3. The van der Waals surface area contributed by atoms with Gasteiger partial charge in [-0.1, -0.05) is 29.5 Å². The van der Waals surface area contributed by atoms with Crippen molar-refractivity contribution < 1.29 is 28.2 Å². The number of nitrogens with two attached hydrogens (primary N) is 2. The molecule has 0 aliphatic rings. The monoisotopic (exact) mass is 577 g/mol. The number of hydrogen-bond acceptors (Lipinski definition) is 9. The van der Waals surface area contributed by atoms with E-state index >= 15 is 0 Å². The van der Waals surface area contributed by atoms with Gasteiger partial charge in [-0.15, -0.1) is 0 Å². The van der Waals surface area contributed by atoms with Crippen LogP contribution in [0.15, 0.2) is 72.8 Å². The molecule has 1 atom stereocenters. The molecule has 0 unspecified atom stereocenters.